The molecule has 16 nitrogen and oxygen atoms in total. The number of amides is 2. The molecule has 2 amide bonds. The number of esters is 2. The number of nitrogens with one attached hydrogen (secondary N) is 2. The number of hydrogen-bond donors (Lipinski definition) is 6. The molecule has 0 radical (unpaired) electrons. The smallest absolute Gasteiger partial charge is 0.306 e. The maximum atomic E-state index is 13.2. The molecule has 8 saturated carbocycles. The quantitative estimate of drug-likeness (QED) is 0.0358. The summed E-state index contributed by atoms with van der Waals surface area (Å²) in [5, 5.41) is 29.1. The number of aliphatic hydroxyl groups excluding tert-OH is 2. The fraction of sp³-hybridized carbons (Fsp3) is 0.931. The lowest BCUT2D eigenvalue weighted by Crippen LogP contribution is -2.58. The Morgan fingerprint density at radius 1 is 0.513 bits per heavy atom. The largest absolute Gasteiger partial charge is 0.462 e. The van der Waals surface area contributed by atoms with Crippen molar-refractivity contribution >= 4 is 44.0 Å². The summed E-state index contributed by atoms with van der Waals surface area (Å²) in [5.74, 6) is 2.27. The van der Waals surface area contributed by atoms with Crippen LogP contribution in [0.5, 0.6) is 0 Å². The van der Waals surface area contributed by atoms with Crippen LogP contribution < -0.4 is 10.6 Å². The molecule has 0 spiro atoms. The van der Waals surface area contributed by atoms with Crippen molar-refractivity contribution in [3.05, 3.63) is 0 Å². The first kappa shape index (κ1) is 59.7. The van der Waals surface area contributed by atoms with Crippen molar-refractivity contribution in [1.82, 2.24) is 10.6 Å². The van der Waals surface area contributed by atoms with Crippen molar-refractivity contribution < 1.29 is 64.8 Å². The minimum Gasteiger partial charge on any atom is -0.462 e. The highest BCUT2D eigenvalue weighted by atomic mass is 32.2. The third kappa shape index (κ3) is 12.9. The predicted molar refractivity (Wildman–Crippen MR) is 287 cm³/mol. The number of carbonyl (C=O) groups excluding carboxylic acids is 4. The highest BCUT2D eigenvalue weighted by Gasteiger charge is 2.65. The zero-order valence-corrected chi connectivity index (χ0v) is 48.4. The van der Waals surface area contributed by atoms with Crippen LogP contribution in [0.15, 0.2) is 0 Å². The molecule has 18 heteroatoms. The highest BCUT2D eigenvalue weighted by Crippen LogP contribution is 2.70. The number of fused-ring (bicyclic) bond motifs is 10. The number of rotatable bonds is 21. The van der Waals surface area contributed by atoms with Crippen LogP contribution in [0.4, 0.5) is 0 Å². The van der Waals surface area contributed by atoms with E-state index < -0.39 is 43.9 Å². The lowest BCUT2D eigenvalue weighted by atomic mass is 9.43. The summed E-state index contributed by atoms with van der Waals surface area (Å²) in [6.45, 7) is 13.9. The van der Waals surface area contributed by atoms with Gasteiger partial charge in [0.25, 0.3) is 20.2 Å². The summed E-state index contributed by atoms with van der Waals surface area (Å²) in [6.07, 6.45) is 17.6. The summed E-state index contributed by atoms with van der Waals surface area (Å²) < 4.78 is 74.4. The van der Waals surface area contributed by atoms with E-state index in [1.54, 1.807) is 0 Å². The van der Waals surface area contributed by atoms with Gasteiger partial charge in [-0.05, 0) is 221 Å². The first-order valence-electron chi connectivity index (χ1n) is 29.8. The molecule has 434 valence electrons. The molecule has 0 aromatic rings. The highest BCUT2D eigenvalue weighted by molar-refractivity contribution is 7.86. The van der Waals surface area contributed by atoms with E-state index in [1.807, 2.05) is 0 Å². The maximum Gasteiger partial charge on any atom is 0.306 e. The van der Waals surface area contributed by atoms with E-state index in [-0.39, 0.29) is 107 Å². The zero-order chi connectivity index (χ0) is 55.2. The van der Waals surface area contributed by atoms with Crippen molar-refractivity contribution in [3.63, 3.8) is 0 Å². The van der Waals surface area contributed by atoms with Gasteiger partial charge in [0.2, 0.25) is 11.8 Å². The Labute approximate surface area is 454 Å². The van der Waals surface area contributed by atoms with Crippen LogP contribution in [0.3, 0.4) is 0 Å². The SMILES string of the molecule is C[C@H](CCC(=O)NCCS(=O)(=O)O)[C@H]1CC[C@H]2[C@@H]3[C@@H](O)CC4C[C@H](OC(=O)CCCCC(=O)O[C@H]5CC[C@]6(C)C(C5)C[C@@H](O)[C@@H]5[C@H]7CC[C@@H]([C@@H](C)CCC(=O)NCCS(=O)(=O)O)[C@]7(C)CC[C@H]56)CC[C@]4(C)[C@H]3CC[C@]12C. The summed E-state index contributed by atoms with van der Waals surface area (Å²) in [6, 6.07) is 0. The third-order valence-corrected chi connectivity index (χ3v) is 24.9. The van der Waals surface area contributed by atoms with Gasteiger partial charge >= 0.3 is 11.9 Å². The predicted octanol–water partition coefficient (Wildman–Crippen LogP) is 8.47. The van der Waals surface area contributed by atoms with Gasteiger partial charge in [-0.15, -0.1) is 0 Å². The fourth-order valence-corrected chi connectivity index (χ4v) is 20.2. The fourth-order valence-electron chi connectivity index (χ4n) is 19.5. The van der Waals surface area contributed by atoms with Crippen LogP contribution in [0, 0.1) is 92.7 Å². The molecule has 6 N–H and O–H groups in total. The van der Waals surface area contributed by atoms with E-state index >= 15 is 0 Å². The molecule has 8 rings (SSSR count). The van der Waals surface area contributed by atoms with E-state index in [0.29, 0.717) is 98.7 Å². The van der Waals surface area contributed by atoms with E-state index in [9.17, 15) is 46.2 Å². The van der Waals surface area contributed by atoms with E-state index in [0.717, 1.165) is 89.9 Å². The topological polar surface area (TPSA) is 260 Å². The first-order valence-corrected chi connectivity index (χ1v) is 33.1. The Morgan fingerprint density at radius 3 is 1.24 bits per heavy atom. The number of unbranched alkanes of at least 4 members (excludes halogenated alkanes) is 1. The van der Waals surface area contributed by atoms with Crippen LogP contribution in [0.1, 0.15) is 196 Å². The Morgan fingerprint density at radius 2 is 0.868 bits per heavy atom. The molecule has 0 aromatic carbocycles. The van der Waals surface area contributed by atoms with Crippen LogP contribution in [0.2, 0.25) is 0 Å². The molecule has 2 unspecified atom stereocenters. The van der Waals surface area contributed by atoms with Crippen LogP contribution >= 0.6 is 0 Å². The van der Waals surface area contributed by atoms with Gasteiger partial charge in [-0.1, -0.05) is 41.5 Å². The van der Waals surface area contributed by atoms with E-state index in [2.05, 4.69) is 52.2 Å². The molecule has 0 bridgehead atoms. The minimum atomic E-state index is -4.13. The van der Waals surface area contributed by atoms with E-state index in [4.69, 9.17) is 18.6 Å². The second-order valence-electron chi connectivity index (χ2n) is 27.3. The molecule has 0 aromatic heterocycles. The van der Waals surface area contributed by atoms with Gasteiger partial charge < -0.3 is 30.3 Å². The molecular weight excluding hydrogens is 1010 g/mol. The molecule has 8 fully saturated rings. The maximum absolute atomic E-state index is 13.2. The minimum absolute atomic E-state index is 0.0677. The molecule has 0 aliphatic heterocycles. The van der Waals surface area contributed by atoms with Crippen LogP contribution in [-0.4, -0.2) is 109 Å². The zero-order valence-electron chi connectivity index (χ0n) is 46.7. The number of ether oxygens (including phenoxy) is 2. The molecule has 76 heavy (non-hydrogen) atoms. The number of aliphatic hydroxyl groups is 2. The number of hydrogen-bond acceptors (Lipinski definition) is 12. The Hall–Kier alpha value is -2.38. The average Bonchev–Trinajstić information content (AvgIpc) is 3.88. The normalized spacial score (nSPS) is 41.6. The average molecular weight is 1110 g/mol. The monoisotopic (exact) mass is 1110 g/mol. The van der Waals surface area contributed by atoms with Gasteiger partial charge in [0, 0.05) is 38.8 Å². The summed E-state index contributed by atoms with van der Waals surface area (Å²) in [4.78, 5) is 51.5. The molecular formula is C58H96N2O14S2. The van der Waals surface area contributed by atoms with Gasteiger partial charge in [-0.2, -0.15) is 16.8 Å². The molecule has 8 aliphatic rings. The summed E-state index contributed by atoms with van der Waals surface area (Å²) in [5.41, 5.74) is 0.290. The van der Waals surface area contributed by atoms with Gasteiger partial charge in [-0.3, -0.25) is 28.3 Å². The molecule has 20 atom stereocenters. The van der Waals surface area contributed by atoms with Crippen molar-refractivity contribution in [2.45, 2.75) is 220 Å². The van der Waals surface area contributed by atoms with Crippen molar-refractivity contribution in [1.29, 1.82) is 0 Å². The van der Waals surface area contributed by atoms with Gasteiger partial charge in [0.1, 0.15) is 12.2 Å². The third-order valence-electron chi connectivity index (χ3n) is 23.4. The second-order valence-corrected chi connectivity index (χ2v) is 30.5. The summed E-state index contributed by atoms with van der Waals surface area (Å²) in [7, 11) is -8.25. The molecule has 0 saturated heterocycles. The van der Waals surface area contributed by atoms with Crippen molar-refractivity contribution in [3.8, 4) is 0 Å². The lowest BCUT2D eigenvalue weighted by molar-refractivity contribution is -0.183. The second kappa shape index (κ2) is 23.6. The molecule has 8 aliphatic carbocycles. The Kier molecular flexibility index (Phi) is 18.6. The van der Waals surface area contributed by atoms with Crippen LogP contribution in [0.25, 0.3) is 0 Å². The van der Waals surface area contributed by atoms with Crippen LogP contribution in [-0.2, 0) is 48.9 Å². The van der Waals surface area contributed by atoms with Crippen molar-refractivity contribution in [2.24, 2.45) is 92.7 Å². The Balaban J connectivity index is 0.733. The first-order chi connectivity index (χ1) is 35.6. The van der Waals surface area contributed by atoms with Gasteiger partial charge in [0.05, 0.1) is 23.7 Å². The molecule has 0 heterocycles. The Bertz CT molecular complexity index is 2160. The van der Waals surface area contributed by atoms with Gasteiger partial charge in [-0.25, -0.2) is 0 Å². The van der Waals surface area contributed by atoms with Crippen molar-refractivity contribution in [2.75, 3.05) is 24.6 Å². The van der Waals surface area contributed by atoms with Gasteiger partial charge in [0.15, 0.2) is 0 Å². The summed E-state index contributed by atoms with van der Waals surface area (Å²) >= 11 is 0. The van der Waals surface area contributed by atoms with E-state index in [1.165, 1.54) is 0 Å². The standard InChI is InChI=1S/C58H96N2O14S2/c1-35(11-17-49(63)59-27-29-75(67,68)69)41-13-15-43-53-45(21-25-57(41,43)5)55(3)23-19-39(31-37(55)33-47(53)61)73-51(65)9-7-8-10-52(66)74-40-20-24-56(4)38(32-40)34-48(62)54-44-16-14-42(58(44,6)26-22-46(54)56)36(2)12-18-50(64)60-28-30-76(70,71)72/h35-48,53-54,61-62H,7-34H2,1-6H3,(H,59,63)(H,60,64)(H,67,68,69)(H,70,71,72)/t35-,36+,37?,38?,39-,40+,41-,42+,43+,44-,45+,46-,47+,48-,53+,54-,55+,56-,57-,58+. The number of carbonyl (C=O) groups is 4. The lowest BCUT2D eigenvalue weighted by Gasteiger charge is -2.62.